The predicted octanol–water partition coefficient (Wildman–Crippen LogP) is 2.73. The molecule has 0 aromatic carbocycles. The first kappa shape index (κ1) is 12.5. The lowest BCUT2D eigenvalue weighted by Crippen LogP contribution is -2.32. The summed E-state index contributed by atoms with van der Waals surface area (Å²) in [6, 6.07) is 4.99. The maximum absolute atomic E-state index is 11.1. The molecule has 1 saturated heterocycles. The number of carbonyl (C=O) groups excluding carboxylic acids is 1. The summed E-state index contributed by atoms with van der Waals surface area (Å²) in [7, 11) is 0. The summed E-state index contributed by atoms with van der Waals surface area (Å²) in [6.45, 7) is 0.871. The Labute approximate surface area is 114 Å². The third-order valence-corrected chi connectivity index (χ3v) is 4.31. The van der Waals surface area contributed by atoms with E-state index in [9.17, 15) is 4.79 Å². The van der Waals surface area contributed by atoms with Gasteiger partial charge in [-0.1, -0.05) is 6.07 Å². The van der Waals surface area contributed by atoms with E-state index in [4.69, 9.17) is 0 Å². The van der Waals surface area contributed by atoms with Gasteiger partial charge in [-0.25, -0.2) is 4.98 Å². The molecule has 1 amide bonds. The quantitative estimate of drug-likeness (QED) is 0.846. The van der Waals surface area contributed by atoms with E-state index in [1.807, 2.05) is 17.2 Å². The lowest BCUT2D eigenvalue weighted by Gasteiger charge is -2.33. The van der Waals surface area contributed by atoms with Crippen molar-refractivity contribution in [3.8, 4) is 0 Å². The number of rotatable bonds is 4. The molecule has 1 saturated carbocycles. The Balaban J connectivity index is 1.68. The molecule has 102 valence electrons. The molecule has 19 heavy (non-hydrogen) atoms. The molecule has 1 N–H and O–H groups in total. The van der Waals surface area contributed by atoms with Crippen LogP contribution in [0.4, 0.5) is 5.82 Å². The molecule has 1 aliphatic heterocycles. The molecule has 2 aliphatic rings. The second-order valence-electron chi connectivity index (χ2n) is 5.60. The van der Waals surface area contributed by atoms with E-state index >= 15 is 0 Å². The Hall–Kier alpha value is -1.58. The van der Waals surface area contributed by atoms with Crippen molar-refractivity contribution in [2.75, 3.05) is 11.9 Å². The van der Waals surface area contributed by atoms with Crippen molar-refractivity contribution >= 4 is 12.2 Å². The average Bonchev–Trinajstić information content (AvgIpc) is 2.43. The number of nitrogens with zero attached hydrogens (tertiary/aromatic N) is 2. The Bertz CT molecular complexity index is 428. The first-order valence-electron chi connectivity index (χ1n) is 7.30. The Morgan fingerprint density at radius 1 is 1.21 bits per heavy atom. The highest BCUT2D eigenvalue weighted by atomic mass is 16.1. The lowest BCUT2D eigenvalue weighted by atomic mass is 9.93. The van der Waals surface area contributed by atoms with Crippen molar-refractivity contribution in [3.63, 3.8) is 0 Å². The molecule has 0 unspecified atom stereocenters. The van der Waals surface area contributed by atoms with Crippen LogP contribution in [0, 0.1) is 0 Å². The lowest BCUT2D eigenvalue weighted by molar-refractivity contribution is -0.121. The summed E-state index contributed by atoms with van der Waals surface area (Å²) in [5.41, 5.74) is 1.16. The zero-order valence-electron chi connectivity index (χ0n) is 11.2. The number of amides is 1. The fraction of sp³-hybridized carbons (Fsp3) is 0.600. The smallest absolute Gasteiger partial charge is 0.210 e. The number of likely N-dealkylation sites (tertiary alicyclic amines) is 1. The first-order chi connectivity index (χ1) is 9.36. The highest BCUT2D eigenvalue weighted by Gasteiger charge is 2.23. The molecular weight excluding hydrogens is 238 g/mol. The third-order valence-electron chi connectivity index (χ3n) is 4.31. The van der Waals surface area contributed by atoms with Gasteiger partial charge in [0.2, 0.25) is 6.41 Å². The molecule has 4 heteroatoms. The number of pyridine rings is 1. The number of hydrogen-bond acceptors (Lipinski definition) is 3. The number of carbonyl (C=O) groups is 1. The van der Waals surface area contributed by atoms with Crippen LogP contribution in [0.1, 0.15) is 50.1 Å². The molecule has 1 atom stereocenters. The normalized spacial score (nSPS) is 23.8. The van der Waals surface area contributed by atoms with E-state index in [1.54, 1.807) is 0 Å². The van der Waals surface area contributed by atoms with Gasteiger partial charge in [0.25, 0.3) is 0 Å². The Kier molecular flexibility index (Phi) is 3.67. The van der Waals surface area contributed by atoms with E-state index in [0.29, 0.717) is 6.04 Å². The van der Waals surface area contributed by atoms with Crippen LogP contribution in [0.2, 0.25) is 0 Å². The minimum absolute atomic E-state index is 0.219. The van der Waals surface area contributed by atoms with Crippen LogP contribution >= 0.6 is 0 Å². The van der Waals surface area contributed by atoms with Crippen LogP contribution in [0.5, 0.6) is 0 Å². The van der Waals surface area contributed by atoms with Gasteiger partial charge in [-0.15, -0.1) is 0 Å². The SMILES string of the molecule is O=CN1CCCC[C@H]1c1ccc(NC2CCC2)nc1. The molecule has 0 bridgehead atoms. The molecule has 1 aromatic heterocycles. The molecular formula is C15H21N3O. The zero-order chi connectivity index (χ0) is 13.1. The zero-order valence-corrected chi connectivity index (χ0v) is 11.2. The van der Waals surface area contributed by atoms with Crippen molar-refractivity contribution < 1.29 is 4.79 Å². The van der Waals surface area contributed by atoms with Gasteiger partial charge in [0.1, 0.15) is 5.82 Å². The van der Waals surface area contributed by atoms with Crippen LogP contribution in [-0.4, -0.2) is 28.9 Å². The summed E-state index contributed by atoms with van der Waals surface area (Å²) in [5.74, 6) is 0.960. The van der Waals surface area contributed by atoms with Crippen molar-refractivity contribution in [2.45, 2.75) is 50.6 Å². The van der Waals surface area contributed by atoms with Gasteiger partial charge in [0.05, 0.1) is 6.04 Å². The summed E-state index contributed by atoms with van der Waals surface area (Å²) >= 11 is 0. The standard InChI is InChI=1S/C15H21N3O/c19-11-18-9-2-1-6-14(18)12-7-8-15(16-10-12)17-13-4-3-5-13/h7-8,10-11,13-14H,1-6,9H2,(H,16,17)/t14-/m0/s1. The Morgan fingerprint density at radius 3 is 2.74 bits per heavy atom. The van der Waals surface area contributed by atoms with Gasteiger partial charge in [-0.3, -0.25) is 4.79 Å². The van der Waals surface area contributed by atoms with Crippen molar-refractivity contribution in [2.24, 2.45) is 0 Å². The maximum atomic E-state index is 11.1. The molecule has 2 heterocycles. The highest BCUT2D eigenvalue weighted by Crippen LogP contribution is 2.30. The molecule has 0 radical (unpaired) electrons. The minimum Gasteiger partial charge on any atom is -0.367 e. The molecule has 2 fully saturated rings. The fourth-order valence-electron chi connectivity index (χ4n) is 2.89. The van der Waals surface area contributed by atoms with Gasteiger partial charge in [0, 0.05) is 18.8 Å². The monoisotopic (exact) mass is 259 g/mol. The first-order valence-corrected chi connectivity index (χ1v) is 7.30. The van der Waals surface area contributed by atoms with Crippen molar-refractivity contribution in [1.82, 2.24) is 9.88 Å². The van der Waals surface area contributed by atoms with Gasteiger partial charge in [-0.05, 0) is 50.2 Å². The van der Waals surface area contributed by atoms with E-state index in [-0.39, 0.29) is 6.04 Å². The summed E-state index contributed by atoms with van der Waals surface area (Å²) in [4.78, 5) is 17.5. The summed E-state index contributed by atoms with van der Waals surface area (Å²) < 4.78 is 0. The van der Waals surface area contributed by atoms with Gasteiger partial charge < -0.3 is 10.2 Å². The van der Waals surface area contributed by atoms with Gasteiger partial charge in [-0.2, -0.15) is 0 Å². The largest absolute Gasteiger partial charge is 0.367 e. The van der Waals surface area contributed by atoms with Crippen LogP contribution in [0.25, 0.3) is 0 Å². The number of anilines is 1. The van der Waals surface area contributed by atoms with Crippen LogP contribution in [-0.2, 0) is 4.79 Å². The van der Waals surface area contributed by atoms with E-state index in [1.165, 1.54) is 25.7 Å². The highest BCUT2D eigenvalue weighted by molar-refractivity contribution is 5.49. The summed E-state index contributed by atoms with van der Waals surface area (Å²) in [6.07, 6.45) is 10.1. The van der Waals surface area contributed by atoms with E-state index in [2.05, 4.69) is 16.4 Å². The molecule has 0 spiro atoms. The van der Waals surface area contributed by atoms with Crippen molar-refractivity contribution in [1.29, 1.82) is 0 Å². The second kappa shape index (κ2) is 5.59. The van der Waals surface area contributed by atoms with Crippen LogP contribution < -0.4 is 5.32 Å². The fourth-order valence-corrected chi connectivity index (χ4v) is 2.89. The van der Waals surface area contributed by atoms with Gasteiger partial charge in [0.15, 0.2) is 0 Å². The Morgan fingerprint density at radius 2 is 2.11 bits per heavy atom. The topological polar surface area (TPSA) is 45.2 Å². The molecule has 1 aromatic rings. The maximum Gasteiger partial charge on any atom is 0.210 e. The number of nitrogens with one attached hydrogen (secondary N) is 1. The average molecular weight is 259 g/mol. The van der Waals surface area contributed by atoms with Gasteiger partial charge >= 0.3 is 0 Å². The molecule has 4 nitrogen and oxygen atoms in total. The molecule has 3 rings (SSSR count). The summed E-state index contributed by atoms with van der Waals surface area (Å²) in [5, 5.41) is 3.44. The minimum atomic E-state index is 0.219. The van der Waals surface area contributed by atoms with Crippen LogP contribution in [0.3, 0.4) is 0 Å². The molecule has 1 aliphatic carbocycles. The number of aromatic nitrogens is 1. The second-order valence-corrected chi connectivity index (χ2v) is 5.60. The third kappa shape index (κ3) is 2.72. The predicted molar refractivity (Wildman–Crippen MR) is 74.9 cm³/mol. The van der Waals surface area contributed by atoms with E-state index in [0.717, 1.165) is 37.2 Å². The van der Waals surface area contributed by atoms with Crippen LogP contribution in [0.15, 0.2) is 18.3 Å². The van der Waals surface area contributed by atoms with E-state index < -0.39 is 0 Å². The number of hydrogen-bond donors (Lipinski definition) is 1. The van der Waals surface area contributed by atoms with Crippen molar-refractivity contribution in [3.05, 3.63) is 23.9 Å². The number of piperidine rings is 1.